The third-order valence-corrected chi connectivity index (χ3v) is 4.03. The van der Waals surface area contributed by atoms with Crippen molar-refractivity contribution in [2.45, 2.75) is 0 Å². The lowest BCUT2D eigenvalue weighted by molar-refractivity contribution is -0.135. The lowest BCUT2D eigenvalue weighted by atomic mass is 10.1. The third kappa shape index (κ3) is 4.03. The first kappa shape index (κ1) is 17.1. The summed E-state index contributed by atoms with van der Waals surface area (Å²) < 4.78 is 18.2. The Morgan fingerprint density at radius 3 is 2.64 bits per heavy atom. The molecule has 0 unspecified atom stereocenters. The maximum Gasteiger partial charge on any atom is 0.272 e. The minimum absolute atomic E-state index is 0.0102. The van der Waals surface area contributed by atoms with E-state index in [0.29, 0.717) is 37.6 Å². The Kier molecular flexibility index (Phi) is 5.08. The van der Waals surface area contributed by atoms with Crippen LogP contribution in [0.1, 0.15) is 10.5 Å². The smallest absolute Gasteiger partial charge is 0.272 e. The van der Waals surface area contributed by atoms with Crippen molar-refractivity contribution in [2.24, 2.45) is 0 Å². The van der Waals surface area contributed by atoms with Crippen LogP contribution in [-0.2, 0) is 9.53 Å². The van der Waals surface area contributed by atoms with Crippen molar-refractivity contribution in [1.29, 1.82) is 0 Å². The summed E-state index contributed by atoms with van der Waals surface area (Å²) in [6.07, 6.45) is 0. The SMILES string of the molecule is CN(CC(=O)N1CCOCC1)C(=O)c1cc(-c2ccc(F)cc2)n[nH]1. The molecule has 2 heterocycles. The Morgan fingerprint density at radius 2 is 1.96 bits per heavy atom. The summed E-state index contributed by atoms with van der Waals surface area (Å²) in [5, 5.41) is 6.75. The van der Waals surface area contributed by atoms with Crippen molar-refractivity contribution < 1.29 is 18.7 Å². The van der Waals surface area contributed by atoms with Gasteiger partial charge in [0, 0.05) is 25.7 Å². The highest BCUT2D eigenvalue weighted by molar-refractivity contribution is 5.95. The minimum atomic E-state index is -0.336. The Hall–Kier alpha value is -2.74. The Bertz CT molecular complexity index is 754. The fraction of sp³-hybridized carbons (Fsp3) is 0.353. The van der Waals surface area contributed by atoms with Crippen LogP contribution in [0, 0.1) is 5.82 Å². The summed E-state index contributed by atoms with van der Waals surface area (Å²) in [6, 6.07) is 7.43. The molecule has 8 heteroatoms. The summed E-state index contributed by atoms with van der Waals surface area (Å²) in [6.45, 7) is 2.11. The van der Waals surface area contributed by atoms with Crippen molar-refractivity contribution in [1.82, 2.24) is 20.0 Å². The second-order valence-corrected chi connectivity index (χ2v) is 5.83. The highest BCUT2D eigenvalue weighted by atomic mass is 19.1. The number of ether oxygens (including phenoxy) is 1. The van der Waals surface area contributed by atoms with Gasteiger partial charge in [-0.25, -0.2) is 4.39 Å². The van der Waals surface area contributed by atoms with E-state index in [9.17, 15) is 14.0 Å². The van der Waals surface area contributed by atoms with Crippen molar-refractivity contribution in [3.8, 4) is 11.3 Å². The Morgan fingerprint density at radius 1 is 1.28 bits per heavy atom. The molecular weight excluding hydrogens is 327 g/mol. The lowest BCUT2D eigenvalue weighted by Crippen LogP contribution is -2.46. The lowest BCUT2D eigenvalue weighted by Gasteiger charge is -2.28. The molecule has 132 valence electrons. The summed E-state index contributed by atoms with van der Waals surface area (Å²) in [4.78, 5) is 27.7. The van der Waals surface area contributed by atoms with Gasteiger partial charge in [0.15, 0.2) is 0 Å². The first-order valence-corrected chi connectivity index (χ1v) is 7.97. The van der Waals surface area contributed by atoms with Gasteiger partial charge in [-0.2, -0.15) is 5.10 Å². The number of benzene rings is 1. The van der Waals surface area contributed by atoms with Crippen LogP contribution >= 0.6 is 0 Å². The normalized spacial score (nSPS) is 14.4. The number of nitrogens with zero attached hydrogens (tertiary/aromatic N) is 3. The predicted octanol–water partition coefficient (Wildman–Crippen LogP) is 1.15. The van der Waals surface area contributed by atoms with Gasteiger partial charge in [0.05, 0.1) is 25.5 Å². The first-order chi connectivity index (χ1) is 12.0. The fourth-order valence-electron chi connectivity index (χ4n) is 2.59. The van der Waals surface area contributed by atoms with E-state index in [-0.39, 0.29) is 29.9 Å². The number of H-pyrrole nitrogens is 1. The van der Waals surface area contributed by atoms with E-state index >= 15 is 0 Å². The van der Waals surface area contributed by atoms with Gasteiger partial charge in [0.25, 0.3) is 5.91 Å². The van der Waals surface area contributed by atoms with Gasteiger partial charge in [-0.15, -0.1) is 0 Å². The number of morpholine rings is 1. The fourth-order valence-corrected chi connectivity index (χ4v) is 2.59. The Balaban J connectivity index is 1.64. The number of hydrogen-bond acceptors (Lipinski definition) is 4. The zero-order valence-electron chi connectivity index (χ0n) is 13.9. The molecular formula is C17H19FN4O3. The van der Waals surface area contributed by atoms with E-state index in [1.54, 1.807) is 30.1 Å². The molecule has 0 aliphatic carbocycles. The quantitative estimate of drug-likeness (QED) is 0.901. The van der Waals surface area contributed by atoms with Crippen LogP contribution in [-0.4, -0.2) is 71.7 Å². The second-order valence-electron chi connectivity index (χ2n) is 5.83. The van der Waals surface area contributed by atoms with Crippen LogP contribution in [0.4, 0.5) is 4.39 Å². The van der Waals surface area contributed by atoms with Crippen LogP contribution in [0.3, 0.4) is 0 Å². The zero-order chi connectivity index (χ0) is 17.8. The summed E-state index contributed by atoms with van der Waals surface area (Å²) in [5.74, 6) is -0.781. The van der Waals surface area contributed by atoms with E-state index < -0.39 is 0 Å². The Labute approximate surface area is 144 Å². The molecule has 0 radical (unpaired) electrons. The van der Waals surface area contributed by atoms with Crippen LogP contribution in [0.2, 0.25) is 0 Å². The molecule has 7 nitrogen and oxygen atoms in total. The van der Waals surface area contributed by atoms with Crippen molar-refractivity contribution in [3.05, 3.63) is 41.8 Å². The monoisotopic (exact) mass is 346 g/mol. The van der Waals surface area contributed by atoms with Crippen molar-refractivity contribution in [3.63, 3.8) is 0 Å². The van der Waals surface area contributed by atoms with E-state index in [0.717, 1.165) is 0 Å². The molecule has 0 bridgehead atoms. The van der Waals surface area contributed by atoms with E-state index in [2.05, 4.69) is 10.2 Å². The van der Waals surface area contributed by atoms with Crippen molar-refractivity contribution >= 4 is 11.8 Å². The first-order valence-electron chi connectivity index (χ1n) is 7.97. The van der Waals surface area contributed by atoms with Gasteiger partial charge in [-0.1, -0.05) is 0 Å². The number of halogens is 1. The number of nitrogens with one attached hydrogen (secondary N) is 1. The van der Waals surface area contributed by atoms with Gasteiger partial charge in [-0.3, -0.25) is 14.7 Å². The average Bonchev–Trinajstić information content (AvgIpc) is 3.12. The predicted molar refractivity (Wildman–Crippen MR) is 88.3 cm³/mol. The van der Waals surface area contributed by atoms with Crippen LogP contribution < -0.4 is 0 Å². The number of hydrogen-bond donors (Lipinski definition) is 1. The minimum Gasteiger partial charge on any atom is -0.378 e. The highest BCUT2D eigenvalue weighted by Crippen LogP contribution is 2.18. The standard InChI is InChI=1S/C17H19FN4O3/c1-21(11-16(23)22-6-8-25-9-7-22)17(24)15-10-14(19-20-15)12-2-4-13(18)5-3-12/h2-5,10H,6-9,11H2,1H3,(H,19,20). The van der Waals surface area contributed by atoms with E-state index in [1.165, 1.54) is 17.0 Å². The van der Waals surface area contributed by atoms with Gasteiger partial charge in [-0.05, 0) is 30.3 Å². The van der Waals surface area contributed by atoms with Gasteiger partial charge in [0.1, 0.15) is 11.5 Å². The molecule has 0 spiro atoms. The second kappa shape index (κ2) is 7.43. The van der Waals surface area contributed by atoms with Gasteiger partial charge >= 0.3 is 0 Å². The third-order valence-electron chi connectivity index (χ3n) is 4.03. The molecule has 0 atom stereocenters. The molecule has 1 aliphatic heterocycles. The molecule has 1 aromatic carbocycles. The highest BCUT2D eigenvalue weighted by Gasteiger charge is 2.22. The molecule has 1 aromatic heterocycles. The number of aromatic nitrogens is 2. The number of carbonyl (C=O) groups is 2. The number of amides is 2. The summed E-state index contributed by atoms with van der Waals surface area (Å²) in [7, 11) is 1.57. The van der Waals surface area contributed by atoms with Crippen LogP contribution in [0.5, 0.6) is 0 Å². The number of likely N-dealkylation sites (N-methyl/N-ethyl adjacent to an activating group) is 1. The number of aromatic amines is 1. The average molecular weight is 346 g/mol. The number of rotatable bonds is 4. The van der Waals surface area contributed by atoms with Crippen LogP contribution in [0.15, 0.2) is 30.3 Å². The van der Waals surface area contributed by atoms with Crippen molar-refractivity contribution in [2.75, 3.05) is 39.9 Å². The molecule has 1 aliphatic rings. The number of carbonyl (C=O) groups excluding carboxylic acids is 2. The van der Waals surface area contributed by atoms with Gasteiger partial charge < -0.3 is 14.5 Å². The molecule has 1 N–H and O–H groups in total. The molecule has 0 saturated carbocycles. The van der Waals surface area contributed by atoms with E-state index in [4.69, 9.17) is 4.74 Å². The molecule has 2 aromatic rings. The summed E-state index contributed by atoms with van der Waals surface area (Å²) in [5.41, 5.74) is 1.51. The molecule has 3 rings (SSSR count). The zero-order valence-corrected chi connectivity index (χ0v) is 13.9. The van der Waals surface area contributed by atoms with Gasteiger partial charge in [0.2, 0.25) is 5.91 Å². The largest absolute Gasteiger partial charge is 0.378 e. The topological polar surface area (TPSA) is 78.5 Å². The molecule has 1 fully saturated rings. The van der Waals surface area contributed by atoms with Crippen LogP contribution in [0.25, 0.3) is 11.3 Å². The maximum atomic E-state index is 13.0. The molecule has 25 heavy (non-hydrogen) atoms. The maximum absolute atomic E-state index is 13.0. The van der Waals surface area contributed by atoms with E-state index in [1.807, 2.05) is 0 Å². The summed E-state index contributed by atoms with van der Waals surface area (Å²) >= 11 is 0. The molecule has 1 saturated heterocycles. The molecule has 2 amide bonds.